The molecule has 164 valence electrons. The molecule has 0 saturated heterocycles. The van der Waals surface area contributed by atoms with Gasteiger partial charge in [-0.05, 0) is 55.0 Å². The van der Waals surface area contributed by atoms with Crippen LogP contribution < -0.4 is 5.73 Å². The first kappa shape index (κ1) is 23.0. The maximum Gasteiger partial charge on any atom is 0.183 e. The maximum absolute atomic E-state index is 6.29. The average Bonchev–Trinajstić information content (AvgIpc) is 3.20. The Morgan fingerprint density at radius 3 is 2.70 bits per heavy atom. The van der Waals surface area contributed by atoms with Crippen LogP contribution in [0.25, 0.3) is 22.6 Å². The minimum atomic E-state index is 0.352. The molecule has 0 atom stereocenters. The zero-order chi connectivity index (χ0) is 23.4. The maximum atomic E-state index is 6.29. The fourth-order valence-electron chi connectivity index (χ4n) is 3.38. The molecule has 0 amide bonds. The summed E-state index contributed by atoms with van der Waals surface area (Å²) in [6, 6.07) is 14.8. The molecular formula is C23H20BCl2N7. The molecule has 7 nitrogen and oxygen atoms in total. The molecule has 2 radical (unpaired) electrons. The van der Waals surface area contributed by atoms with Crippen LogP contribution in [0.1, 0.15) is 17.1 Å². The number of H-pyrrole nitrogens is 1. The summed E-state index contributed by atoms with van der Waals surface area (Å²) in [5.41, 5.74) is 10.2. The van der Waals surface area contributed by atoms with Gasteiger partial charge < -0.3 is 15.5 Å². The molecule has 0 aliphatic rings. The average molecular weight is 476 g/mol. The first-order chi connectivity index (χ1) is 15.9. The number of aromatic nitrogens is 4. The lowest BCUT2D eigenvalue weighted by Gasteiger charge is -2.17. The third-order valence-electron chi connectivity index (χ3n) is 4.86. The Bertz CT molecular complexity index is 1290. The van der Waals surface area contributed by atoms with Gasteiger partial charge in [-0.15, -0.1) is 0 Å². The first-order valence-electron chi connectivity index (χ1n) is 10.1. The van der Waals surface area contributed by atoms with Gasteiger partial charge in [0, 0.05) is 40.6 Å². The predicted molar refractivity (Wildman–Crippen MR) is 134 cm³/mol. The van der Waals surface area contributed by atoms with E-state index in [2.05, 4.69) is 19.9 Å². The SMILES string of the molecule is [B]N(Cc1nc(-c2ccc(N=CN)nc2)c(-c2cccc(C)n2)[nH]1)Cc1cc(Cl)ccc1Cl. The van der Waals surface area contributed by atoms with Gasteiger partial charge in [0.2, 0.25) is 0 Å². The molecule has 3 aromatic heterocycles. The van der Waals surface area contributed by atoms with E-state index in [0.717, 1.165) is 28.2 Å². The van der Waals surface area contributed by atoms with Crippen molar-refractivity contribution in [3.63, 3.8) is 0 Å². The highest BCUT2D eigenvalue weighted by Crippen LogP contribution is 2.30. The van der Waals surface area contributed by atoms with Gasteiger partial charge in [0.25, 0.3) is 0 Å². The smallest absolute Gasteiger partial charge is 0.183 e. The van der Waals surface area contributed by atoms with E-state index in [4.69, 9.17) is 41.9 Å². The topological polar surface area (TPSA) is 96.1 Å². The highest BCUT2D eigenvalue weighted by atomic mass is 35.5. The minimum Gasteiger partial charge on any atom is -0.390 e. The van der Waals surface area contributed by atoms with E-state index in [9.17, 15) is 0 Å². The van der Waals surface area contributed by atoms with Crippen molar-refractivity contribution in [1.82, 2.24) is 24.7 Å². The van der Waals surface area contributed by atoms with E-state index < -0.39 is 0 Å². The standard InChI is InChI=1S/C23H20BCl2N7/c1-14-3-2-4-19(30-14)23-22(15-5-8-20(28-10-15)29-13-27)31-21(32-23)12-33(24)11-16-9-17(25)6-7-18(16)26/h2-10,13H,11-12H2,1H3,(H,31,32)(H2,27,28,29). The molecule has 0 saturated carbocycles. The summed E-state index contributed by atoms with van der Waals surface area (Å²) in [5.74, 6) is 1.19. The molecule has 0 fully saturated rings. The number of aliphatic imine (C=N–C) groups is 1. The molecule has 0 aliphatic carbocycles. The molecule has 0 aliphatic heterocycles. The van der Waals surface area contributed by atoms with E-state index in [1.54, 1.807) is 35.3 Å². The molecule has 33 heavy (non-hydrogen) atoms. The summed E-state index contributed by atoms with van der Waals surface area (Å²) in [6.45, 7) is 2.70. The van der Waals surface area contributed by atoms with Crippen LogP contribution in [0.15, 0.2) is 59.7 Å². The zero-order valence-corrected chi connectivity index (χ0v) is 19.3. The lowest BCUT2D eigenvalue weighted by molar-refractivity contribution is 0.432. The van der Waals surface area contributed by atoms with Gasteiger partial charge in [-0.3, -0.25) is 4.98 Å². The summed E-state index contributed by atoms with van der Waals surface area (Å²) in [5, 5.41) is 1.21. The highest BCUT2D eigenvalue weighted by molar-refractivity contribution is 6.33. The van der Waals surface area contributed by atoms with E-state index in [0.29, 0.717) is 40.5 Å². The van der Waals surface area contributed by atoms with Crippen LogP contribution >= 0.6 is 23.2 Å². The molecule has 10 heteroatoms. The number of rotatable bonds is 7. The van der Waals surface area contributed by atoms with Gasteiger partial charge in [0.1, 0.15) is 5.82 Å². The van der Waals surface area contributed by atoms with E-state index in [1.165, 1.54) is 6.34 Å². The summed E-state index contributed by atoms with van der Waals surface area (Å²) in [6.07, 6.45) is 2.91. The van der Waals surface area contributed by atoms with Crippen molar-refractivity contribution in [2.75, 3.05) is 0 Å². The number of benzene rings is 1. The molecular weight excluding hydrogens is 456 g/mol. The lowest BCUT2D eigenvalue weighted by Crippen LogP contribution is -2.20. The Morgan fingerprint density at radius 2 is 1.97 bits per heavy atom. The van der Waals surface area contributed by atoms with Crippen molar-refractivity contribution in [3.05, 3.63) is 81.9 Å². The number of halogens is 2. The monoisotopic (exact) mass is 475 g/mol. The Balaban J connectivity index is 1.66. The van der Waals surface area contributed by atoms with Crippen molar-refractivity contribution in [1.29, 1.82) is 0 Å². The Kier molecular flexibility index (Phi) is 7.08. The second-order valence-electron chi connectivity index (χ2n) is 7.40. The van der Waals surface area contributed by atoms with Gasteiger partial charge >= 0.3 is 0 Å². The Labute approximate surface area is 203 Å². The molecule has 4 aromatic rings. The van der Waals surface area contributed by atoms with E-state index >= 15 is 0 Å². The van der Waals surface area contributed by atoms with Crippen LogP contribution in [0.4, 0.5) is 5.82 Å². The summed E-state index contributed by atoms with van der Waals surface area (Å²) in [4.78, 5) is 22.8. The van der Waals surface area contributed by atoms with E-state index in [-0.39, 0.29) is 0 Å². The van der Waals surface area contributed by atoms with Crippen LogP contribution in [0.2, 0.25) is 10.0 Å². The van der Waals surface area contributed by atoms with Crippen molar-refractivity contribution in [3.8, 4) is 22.6 Å². The third-order valence-corrected chi connectivity index (χ3v) is 5.46. The summed E-state index contributed by atoms with van der Waals surface area (Å²) >= 11 is 12.4. The molecule has 4 rings (SSSR count). The third kappa shape index (κ3) is 5.60. The first-order valence-corrected chi connectivity index (χ1v) is 10.9. The zero-order valence-electron chi connectivity index (χ0n) is 17.8. The van der Waals surface area contributed by atoms with Gasteiger partial charge in [0.15, 0.2) is 13.8 Å². The van der Waals surface area contributed by atoms with Gasteiger partial charge in [0.05, 0.1) is 23.4 Å². The molecule has 0 bridgehead atoms. The van der Waals surface area contributed by atoms with Gasteiger partial charge in [-0.25, -0.2) is 15.0 Å². The van der Waals surface area contributed by atoms with Gasteiger partial charge in [-0.2, -0.15) is 0 Å². The predicted octanol–water partition coefficient (Wildman–Crippen LogP) is 4.85. The normalized spacial score (nSPS) is 11.5. The number of nitrogens with two attached hydrogens (primary N) is 1. The number of hydrogen-bond acceptors (Lipinski definition) is 5. The number of nitrogens with zero attached hydrogens (tertiary/aromatic N) is 5. The summed E-state index contributed by atoms with van der Waals surface area (Å²) < 4.78 is 0. The Morgan fingerprint density at radius 1 is 1.12 bits per heavy atom. The highest BCUT2D eigenvalue weighted by Gasteiger charge is 2.17. The number of imidazole rings is 1. The molecule has 3 N–H and O–H groups in total. The van der Waals surface area contributed by atoms with Crippen LogP contribution in [0, 0.1) is 6.92 Å². The van der Waals surface area contributed by atoms with Crippen molar-refractivity contribution >= 4 is 43.3 Å². The largest absolute Gasteiger partial charge is 0.390 e. The number of aryl methyl sites for hydroxylation is 1. The fraction of sp³-hybridized carbons (Fsp3) is 0.130. The molecule has 3 heterocycles. The quantitative estimate of drug-likeness (QED) is 0.226. The second-order valence-corrected chi connectivity index (χ2v) is 8.24. The van der Waals surface area contributed by atoms with Crippen LogP contribution in [-0.2, 0) is 13.1 Å². The van der Waals surface area contributed by atoms with Gasteiger partial charge in [-0.1, -0.05) is 29.3 Å². The molecule has 1 aromatic carbocycles. The van der Waals surface area contributed by atoms with Crippen LogP contribution in [0.3, 0.4) is 0 Å². The van der Waals surface area contributed by atoms with Crippen LogP contribution in [-0.4, -0.2) is 39.1 Å². The number of nitrogens with one attached hydrogen (secondary N) is 1. The fourth-order valence-corrected chi connectivity index (χ4v) is 3.76. The molecule has 0 spiro atoms. The Hall–Kier alpha value is -3.20. The van der Waals surface area contributed by atoms with E-state index in [1.807, 2.05) is 31.2 Å². The number of aromatic amines is 1. The lowest BCUT2D eigenvalue weighted by atomic mass is 10.1. The number of pyridine rings is 2. The second kappa shape index (κ2) is 10.2. The van der Waals surface area contributed by atoms with Crippen molar-refractivity contribution < 1.29 is 0 Å². The van der Waals surface area contributed by atoms with Crippen LogP contribution in [0.5, 0.6) is 0 Å². The molecule has 0 unspecified atom stereocenters. The minimum absolute atomic E-state index is 0.352. The van der Waals surface area contributed by atoms with Crippen molar-refractivity contribution in [2.45, 2.75) is 20.0 Å². The summed E-state index contributed by atoms with van der Waals surface area (Å²) in [7, 11) is 6.29. The number of hydrogen-bond donors (Lipinski definition) is 2. The van der Waals surface area contributed by atoms with Crippen molar-refractivity contribution in [2.24, 2.45) is 10.7 Å².